The Labute approximate surface area is 88.7 Å². The molecule has 0 radical (unpaired) electrons. The predicted molar refractivity (Wildman–Crippen MR) is 58.2 cm³/mol. The van der Waals surface area contributed by atoms with Gasteiger partial charge in [-0.05, 0) is 17.7 Å². The Kier molecular flexibility index (Phi) is 6.65. The second kappa shape index (κ2) is 6.93. The maximum absolute atomic E-state index is 10.5. The molecule has 3 heteroatoms. The molecule has 0 heterocycles. The number of alkyl halides is 1. The van der Waals surface area contributed by atoms with Crippen LogP contribution in [0.25, 0.3) is 0 Å². The first-order valence-electron chi connectivity index (χ1n) is 3.85. The van der Waals surface area contributed by atoms with E-state index in [1.165, 1.54) is 0 Å². The van der Waals surface area contributed by atoms with Crippen LogP contribution in [-0.2, 0) is 4.79 Å². The average Bonchev–Trinajstić information content (AvgIpc) is 2.13. The number of hydrogen-bond donors (Lipinski definition) is 0. The van der Waals surface area contributed by atoms with Gasteiger partial charge in [-0.1, -0.05) is 31.2 Å². The molecule has 13 heavy (non-hydrogen) atoms. The summed E-state index contributed by atoms with van der Waals surface area (Å²) in [7, 11) is 0. The van der Waals surface area contributed by atoms with Gasteiger partial charge in [-0.25, -0.2) is 0 Å². The zero-order chi connectivity index (χ0) is 10.3. The van der Waals surface area contributed by atoms with E-state index in [-0.39, 0.29) is 5.92 Å². The molecule has 0 saturated heterocycles. The van der Waals surface area contributed by atoms with Crippen molar-refractivity contribution in [2.24, 2.45) is 5.92 Å². The van der Waals surface area contributed by atoms with Gasteiger partial charge in [-0.15, -0.1) is 11.6 Å². The third-order valence-corrected chi connectivity index (χ3v) is 2.09. The fraction of sp³-hybridized carbons (Fsp3) is 0.300. The van der Waals surface area contributed by atoms with Gasteiger partial charge >= 0.3 is 0 Å². The van der Waals surface area contributed by atoms with E-state index in [1.807, 2.05) is 0 Å². The zero-order valence-corrected chi connectivity index (χ0v) is 8.98. The Bertz CT molecular complexity index is 241. The van der Waals surface area contributed by atoms with Crippen LogP contribution in [0.15, 0.2) is 35.4 Å². The van der Waals surface area contributed by atoms with Crippen molar-refractivity contribution in [2.75, 3.05) is 5.88 Å². The highest BCUT2D eigenvalue weighted by Crippen LogP contribution is 2.15. The highest BCUT2D eigenvalue weighted by Gasteiger charge is 2.05. The molecule has 0 aromatic carbocycles. The van der Waals surface area contributed by atoms with Gasteiger partial charge < -0.3 is 4.79 Å². The lowest BCUT2D eigenvalue weighted by Gasteiger charge is -2.05. The molecule has 0 rings (SSSR count). The molecule has 0 aliphatic rings. The van der Waals surface area contributed by atoms with Crippen LogP contribution in [0.4, 0.5) is 0 Å². The Morgan fingerprint density at radius 1 is 1.62 bits per heavy atom. The molecule has 0 aliphatic heterocycles. The highest BCUT2D eigenvalue weighted by atomic mass is 35.5. The van der Waals surface area contributed by atoms with Gasteiger partial charge in [0.15, 0.2) is 0 Å². The van der Waals surface area contributed by atoms with Crippen molar-refractivity contribution in [3.05, 3.63) is 35.4 Å². The number of hydrogen-bond acceptors (Lipinski definition) is 1. The molecule has 0 aromatic heterocycles. The Morgan fingerprint density at radius 2 is 2.23 bits per heavy atom. The van der Waals surface area contributed by atoms with Crippen LogP contribution in [0.2, 0.25) is 0 Å². The zero-order valence-electron chi connectivity index (χ0n) is 7.47. The van der Waals surface area contributed by atoms with E-state index in [9.17, 15) is 4.79 Å². The molecule has 1 unspecified atom stereocenters. The molecule has 0 aliphatic carbocycles. The van der Waals surface area contributed by atoms with Gasteiger partial charge in [0.05, 0.1) is 0 Å². The number of aldehydes is 1. The largest absolute Gasteiger partial charge is 0.303 e. The van der Waals surface area contributed by atoms with Crippen LogP contribution in [0.5, 0.6) is 0 Å². The van der Waals surface area contributed by atoms with Crippen LogP contribution in [0.3, 0.4) is 0 Å². The molecule has 0 aromatic rings. The molecule has 72 valence electrons. The van der Waals surface area contributed by atoms with E-state index in [4.69, 9.17) is 23.2 Å². The van der Waals surface area contributed by atoms with Crippen LogP contribution in [0, 0.1) is 5.92 Å². The molecule has 1 nitrogen and oxygen atoms in total. The molecular formula is C10H12Cl2O. The van der Waals surface area contributed by atoms with Crippen molar-refractivity contribution in [1.82, 2.24) is 0 Å². The summed E-state index contributed by atoms with van der Waals surface area (Å²) in [5.41, 5.74) is 0.805. The summed E-state index contributed by atoms with van der Waals surface area (Å²) in [5, 5.41) is 0.527. The van der Waals surface area contributed by atoms with Crippen molar-refractivity contribution in [3.63, 3.8) is 0 Å². The molecular weight excluding hydrogens is 207 g/mol. The van der Waals surface area contributed by atoms with E-state index in [2.05, 4.69) is 6.58 Å². The van der Waals surface area contributed by atoms with Crippen LogP contribution in [0.1, 0.15) is 6.92 Å². The smallest absolute Gasteiger partial charge is 0.126 e. The van der Waals surface area contributed by atoms with Gasteiger partial charge in [0.2, 0.25) is 0 Å². The first-order valence-corrected chi connectivity index (χ1v) is 4.76. The van der Waals surface area contributed by atoms with Gasteiger partial charge in [-0.2, -0.15) is 0 Å². The van der Waals surface area contributed by atoms with Crippen molar-refractivity contribution in [2.45, 2.75) is 6.92 Å². The van der Waals surface area contributed by atoms with Crippen LogP contribution < -0.4 is 0 Å². The second-order valence-corrected chi connectivity index (χ2v) is 3.27. The van der Waals surface area contributed by atoms with Crippen LogP contribution >= 0.6 is 23.2 Å². The maximum atomic E-state index is 10.5. The first-order chi connectivity index (χ1) is 6.15. The quantitative estimate of drug-likeness (QED) is 0.394. The molecule has 0 saturated carbocycles. The topological polar surface area (TPSA) is 17.1 Å². The lowest BCUT2D eigenvalue weighted by atomic mass is 10.0. The number of carbonyl (C=O) groups is 1. The SMILES string of the molecule is C=C/C=C(Cl)\C=C(/CCl)C(C)C=O. The van der Waals surface area contributed by atoms with E-state index < -0.39 is 0 Å². The highest BCUT2D eigenvalue weighted by molar-refractivity contribution is 6.31. The number of allylic oxidation sites excluding steroid dienone is 5. The number of carbonyl (C=O) groups excluding carboxylic acids is 1. The molecule has 0 fully saturated rings. The third-order valence-electron chi connectivity index (χ3n) is 1.54. The molecule has 0 spiro atoms. The van der Waals surface area contributed by atoms with Crippen molar-refractivity contribution in [1.29, 1.82) is 0 Å². The molecule has 0 amide bonds. The van der Waals surface area contributed by atoms with E-state index in [0.29, 0.717) is 10.9 Å². The fourth-order valence-corrected chi connectivity index (χ4v) is 1.27. The van der Waals surface area contributed by atoms with Gasteiger partial charge in [0, 0.05) is 16.8 Å². The Balaban J connectivity index is 4.64. The third kappa shape index (κ3) is 4.91. The molecule has 0 N–H and O–H groups in total. The predicted octanol–water partition coefficient (Wildman–Crippen LogP) is 3.30. The van der Waals surface area contributed by atoms with E-state index in [1.54, 1.807) is 25.2 Å². The monoisotopic (exact) mass is 218 g/mol. The van der Waals surface area contributed by atoms with Crippen molar-refractivity contribution < 1.29 is 4.79 Å². The maximum Gasteiger partial charge on any atom is 0.126 e. The Morgan fingerprint density at radius 3 is 2.62 bits per heavy atom. The summed E-state index contributed by atoms with van der Waals surface area (Å²) in [5.74, 6) is 0.116. The summed E-state index contributed by atoms with van der Waals surface area (Å²) in [6, 6.07) is 0. The first kappa shape index (κ1) is 12.5. The minimum absolute atomic E-state index is 0.190. The summed E-state index contributed by atoms with van der Waals surface area (Å²) >= 11 is 11.4. The van der Waals surface area contributed by atoms with Gasteiger partial charge in [0.1, 0.15) is 6.29 Å². The van der Waals surface area contributed by atoms with E-state index >= 15 is 0 Å². The standard InChI is InChI=1S/C10H12Cl2O/c1-3-4-10(12)5-9(6-11)8(2)7-13/h3-5,7-8H,1,6H2,2H3/b9-5+,10-4+. The lowest BCUT2D eigenvalue weighted by molar-refractivity contribution is -0.109. The molecule has 1 atom stereocenters. The second-order valence-electron chi connectivity index (χ2n) is 2.56. The van der Waals surface area contributed by atoms with Crippen LogP contribution in [-0.4, -0.2) is 12.2 Å². The number of rotatable bonds is 5. The van der Waals surface area contributed by atoms with Gasteiger partial charge in [0.25, 0.3) is 0 Å². The lowest BCUT2D eigenvalue weighted by Crippen LogP contribution is -2.01. The molecule has 0 bridgehead atoms. The summed E-state index contributed by atoms with van der Waals surface area (Å²) in [6.45, 7) is 5.28. The summed E-state index contributed by atoms with van der Waals surface area (Å²) in [4.78, 5) is 10.5. The van der Waals surface area contributed by atoms with Gasteiger partial charge in [-0.3, -0.25) is 0 Å². The average molecular weight is 219 g/mol. The minimum atomic E-state index is -0.190. The van der Waals surface area contributed by atoms with E-state index in [0.717, 1.165) is 11.9 Å². The fourth-order valence-electron chi connectivity index (χ4n) is 0.717. The Hall–Kier alpha value is -0.530. The van der Waals surface area contributed by atoms with Crippen molar-refractivity contribution >= 4 is 29.5 Å². The minimum Gasteiger partial charge on any atom is -0.303 e. The normalized spacial score (nSPS) is 15.3. The summed E-state index contributed by atoms with van der Waals surface area (Å²) < 4.78 is 0. The number of halogens is 2. The van der Waals surface area contributed by atoms with Crippen molar-refractivity contribution in [3.8, 4) is 0 Å². The summed E-state index contributed by atoms with van der Waals surface area (Å²) in [6.07, 6.45) is 5.75.